The first-order valence-corrected chi connectivity index (χ1v) is 7.28. The maximum absolute atomic E-state index is 11.8. The topological polar surface area (TPSA) is 69.6 Å². The zero-order valence-corrected chi connectivity index (χ0v) is 10.8. The zero-order chi connectivity index (χ0) is 12.2. The molecule has 0 amide bonds. The van der Waals surface area contributed by atoms with Crippen LogP contribution in [0, 0.1) is 0 Å². The Morgan fingerprint density at radius 2 is 1.94 bits per heavy atom. The minimum Gasteiger partial charge on any atom is -0.392 e. The van der Waals surface area contributed by atoms with E-state index in [-0.39, 0.29) is 12.6 Å². The maximum Gasteiger partial charge on any atom is 0.279 e. The molecule has 0 heterocycles. The normalized spacial score (nSPS) is 21.2. The highest BCUT2D eigenvalue weighted by Crippen LogP contribution is 2.22. The van der Waals surface area contributed by atoms with Gasteiger partial charge in [-0.25, -0.2) is 0 Å². The summed E-state index contributed by atoms with van der Waals surface area (Å²) in [5.41, 5.74) is 0. The van der Waals surface area contributed by atoms with E-state index in [1.807, 2.05) is 0 Å². The lowest BCUT2D eigenvalue weighted by atomic mass is 9.96. The molecule has 6 heteroatoms. The Labute approximate surface area is 98.0 Å². The van der Waals surface area contributed by atoms with Crippen LogP contribution in [-0.4, -0.2) is 43.6 Å². The van der Waals surface area contributed by atoms with Crippen LogP contribution in [0.1, 0.15) is 39.0 Å². The Hall–Kier alpha value is -0.170. The second kappa shape index (κ2) is 5.95. The molecule has 0 spiro atoms. The lowest BCUT2D eigenvalue weighted by Crippen LogP contribution is -2.46. The monoisotopic (exact) mass is 250 g/mol. The molecule has 0 bridgehead atoms. The number of nitrogens with one attached hydrogen (secondary N) is 1. The number of nitrogens with zero attached hydrogens (tertiary/aromatic N) is 1. The van der Waals surface area contributed by atoms with E-state index in [2.05, 4.69) is 4.72 Å². The summed E-state index contributed by atoms with van der Waals surface area (Å²) < 4.78 is 27.5. The van der Waals surface area contributed by atoms with Crippen molar-refractivity contribution in [2.24, 2.45) is 0 Å². The Morgan fingerprint density at radius 3 is 2.44 bits per heavy atom. The van der Waals surface area contributed by atoms with Gasteiger partial charge >= 0.3 is 0 Å². The van der Waals surface area contributed by atoms with Crippen LogP contribution >= 0.6 is 0 Å². The minimum absolute atomic E-state index is 0.0688. The smallest absolute Gasteiger partial charge is 0.279 e. The van der Waals surface area contributed by atoms with Crippen molar-refractivity contribution in [1.82, 2.24) is 9.03 Å². The number of aliphatic hydroxyl groups excluding tert-OH is 1. The van der Waals surface area contributed by atoms with Crippen LogP contribution in [0.5, 0.6) is 0 Å². The van der Waals surface area contributed by atoms with Crippen LogP contribution in [0.4, 0.5) is 0 Å². The third-order valence-electron chi connectivity index (χ3n) is 3.03. The minimum atomic E-state index is -3.43. The molecule has 0 saturated heterocycles. The van der Waals surface area contributed by atoms with Gasteiger partial charge in [-0.2, -0.15) is 17.4 Å². The van der Waals surface area contributed by atoms with Crippen molar-refractivity contribution in [3.8, 4) is 0 Å². The van der Waals surface area contributed by atoms with Crippen LogP contribution in [0.2, 0.25) is 0 Å². The summed E-state index contributed by atoms with van der Waals surface area (Å²) in [6, 6.07) is 0.111. The zero-order valence-electron chi connectivity index (χ0n) is 10.0. The van der Waals surface area contributed by atoms with Crippen LogP contribution in [-0.2, 0) is 10.2 Å². The Balaban J connectivity index is 2.53. The second-order valence-corrected chi connectivity index (χ2v) is 6.33. The molecule has 1 unspecified atom stereocenters. The Kier molecular flexibility index (Phi) is 5.17. The quantitative estimate of drug-likeness (QED) is 0.745. The lowest BCUT2D eigenvalue weighted by molar-refractivity contribution is 0.196. The van der Waals surface area contributed by atoms with Gasteiger partial charge in [0.05, 0.1) is 6.10 Å². The van der Waals surface area contributed by atoms with Crippen molar-refractivity contribution in [2.45, 2.75) is 51.2 Å². The largest absolute Gasteiger partial charge is 0.392 e. The van der Waals surface area contributed by atoms with Gasteiger partial charge in [0.25, 0.3) is 10.2 Å². The lowest BCUT2D eigenvalue weighted by Gasteiger charge is -2.30. The summed E-state index contributed by atoms with van der Waals surface area (Å²) >= 11 is 0. The van der Waals surface area contributed by atoms with E-state index in [4.69, 9.17) is 5.11 Å². The van der Waals surface area contributed by atoms with Crippen molar-refractivity contribution in [3.05, 3.63) is 0 Å². The van der Waals surface area contributed by atoms with Crippen molar-refractivity contribution < 1.29 is 13.5 Å². The van der Waals surface area contributed by atoms with Gasteiger partial charge in [-0.05, 0) is 19.8 Å². The summed E-state index contributed by atoms with van der Waals surface area (Å²) in [4.78, 5) is 0. The van der Waals surface area contributed by atoms with Crippen LogP contribution in [0.15, 0.2) is 0 Å². The van der Waals surface area contributed by atoms with E-state index >= 15 is 0 Å². The highest BCUT2D eigenvalue weighted by atomic mass is 32.2. The first-order valence-electron chi connectivity index (χ1n) is 5.84. The number of hydrogen-bond acceptors (Lipinski definition) is 3. The standard InChI is InChI=1S/C10H22N2O3S/c1-9(13)8-11-16(14,15)12(2)10-6-4-3-5-7-10/h9-11,13H,3-8H2,1-2H3. The van der Waals surface area contributed by atoms with E-state index in [1.165, 1.54) is 10.7 Å². The molecule has 1 fully saturated rings. The Bertz CT molecular complexity index is 297. The summed E-state index contributed by atoms with van der Waals surface area (Å²) in [5.74, 6) is 0. The highest BCUT2D eigenvalue weighted by molar-refractivity contribution is 7.87. The van der Waals surface area contributed by atoms with Gasteiger partial charge in [0, 0.05) is 19.6 Å². The average molecular weight is 250 g/mol. The molecule has 2 N–H and O–H groups in total. The highest BCUT2D eigenvalue weighted by Gasteiger charge is 2.27. The molecule has 1 aliphatic carbocycles. The third-order valence-corrected chi connectivity index (χ3v) is 4.62. The summed E-state index contributed by atoms with van der Waals surface area (Å²) in [6.45, 7) is 1.63. The fourth-order valence-electron chi connectivity index (χ4n) is 1.97. The fourth-order valence-corrected chi connectivity index (χ4v) is 3.23. The summed E-state index contributed by atoms with van der Waals surface area (Å²) in [5, 5.41) is 9.06. The van der Waals surface area contributed by atoms with E-state index in [0.29, 0.717) is 0 Å². The molecule has 0 aromatic heterocycles. The first-order chi connectivity index (χ1) is 7.43. The predicted molar refractivity (Wildman–Crippen MR) is 63.2 cm³/mol. The molecule has 1 atom stereocenters. The molecular formula is C10H22N2O3S. The number of aliphatic hydroxyl groups is 1. The molecule has 1 saturated carbocycles. The van der Waals surface area contributed by atoms with Gasteiger partial charge in [0.15, 0.2) is 0 Å². The van der Waals surface area contributed by atoms with Crippen LogP contribution in [0.3, 0.4) is 0 Å². The number of rotatable bonds is 5. The van der Waals surface area contributed by atoms with Crippen molar-refractivity contribution in [2.75, 3.05) is 13.6 Å². The van der Waals surface area contributed by atoms with Gasteiger partial charge in [-0.15, -0.1) is 0 Å². The average Bonchev–Trinajstić information content (AvgIpc) is 2.27. The van der Waals surface area contributed by atoms with Gasteiger partial charge in [-0.3, -0.25) is 0 Å². The van der Waals surface area contributed by atoms with E-state index < -0.39 is 16.3 Å². The fraction of sp³-hybridized carbons (Fsp3) is 1.00. The molecule has 0 aliphatic heterocycles. The van der Waals surface area contributed by atoms with E-state index in [1.54, 1.807) is 14.0 Å². The molecule has 0 aromatic rings. The third kappa shape index (κ3) is 4.01. The van der Waals surface area contributed by atoms with Gasteiger partial charge in [-0.1, -0.05) is 19.3 Å². The van der Waals surface area contributed by atoms with Crippen molar-refractivity contribution in [3.63, 3.8) is 0 Å². The second-order valence-electron chi connectivity index (χ2n) is 4.51. The molecule has 0 aromatic carbocycles. The predicted octanol–water partition coefficient (Wildman–Crippen LogP) is 0.466. The maximum atomic E-state index is 11.8. The van der Waals surface area contributed by atoms with Gasteiger partial charge < -0.3 is 5.11 Å². The van der Waals surface area contributed by atoms with Crippen LogP contribution < -0.4 is 4.72 Å². The van der Waals surface area contributed by atoms with Crippen LogP contribution in [0.25, 0.3) is 0 Å². The molecule has 1 rings (SSSR count). The number of hydrogen-bond donors (Lipinski definition) is 2. The molecule has 96 valence electrons. The summed E-state index contributed by atoms with van der Waals surface area (Å²) in [6.07, 6.45) is 4.61. The molecule has 16 heavy (non-hydrogen) atoms. The van der Waals surface area contributed by atoms with Gasteiger partial charge in [0.2, 0.25) is 0 Å². The van der Waals surface area contributed by atoms with E-state index in [9.17, 15) is 8.42 Å². The van der Waals surface area contributed by atoms with Crippen molar-refractivity contribution >= 4 is 10.2 Å². The first kappa shape index (κ1) is 13.9. The van der Waals surface area contributed by atoms with E-state index in [0.717, 1.165) is 25.7 Å². The molecule has 1 aliphatic rings. The molecule has 0 radical (unpaired) electrons. The summed E-state index contributed by atoms with van der Waals surface area (Å²) in [7, 11) is -1.82. The SMILES string of the molecule is CC(O)CNS(=O)(=O)N(C)C1CCCCC1. The van der Waals surface area contributed by atoms with Crippen molar-refractivity contribution in [1.29, 1.82) is 0 Å². The Morgan fingerprint density at radius 1 is 1.38 bits per heavy atom. The van der Waals surface area contributed by atoms with Gasteiger partial charge in [0.1, 0.15) is 0 Å². The molecular weight excluding hydrogens is 228 g/mol. The molecule has 5 nitrogen and oxygen atoms in total.